The van der Waals surface area contributed by atoms with Gasteiger partial charge in [0.05, 0.1) is 27.4 Å². The Bertz CT molecular complexity index is 2560. The van der Waals surface area contributed by atoms with Crippen LogP contribution in [0.2, 0.25) is 0 Å². The molecule has 18 heteroatoms. The predicted octanol–water partition coefficient (Wildman–Crippen LogP) is 2.63. The fraction of sp³-hybridized carbons (Fsp3) is 0.531. The number of nitrogens with one attached hydrogen (secondary N) is 1. The van der Waals surface area contributed by atoms with Crippen molar-refractivity contribution < 1.29 is 68.5 Å². The molecule has 1 aromatic heterocycles. The van der Waals surface area contributed by atoms with Crippen LogP contribution in [-0.4, -0.2) is 161 Å². The number of fused-ring (bicyclic) bond motifs is 6. The lowest BCUT2D eigenvalue weighted by atomic mass is 9.47. The van der Waals surface area contributed by atoms with E-state index in [0.717, 1.165) is 52.9 Å². The third kappa shape index (κ3) is 6.88. The number of H-pyrrole nitrogens is 1. The van der Waals surface area contributed by atoms with Gasteiger partial charge in [-0.25, -0.2) is 14.4 Å². The number of methoxy groups -OCH3 is 3. The monoisotopic (exact) mass is 928 g/mol. The Morgan fingerprint density at radius 3 is 2.22 bits per heavy atom. The van der Waals surface area contributed by atoms with Crippen LogP contribution in [0.4, 0.5) is 5.69 Å². The number of aliphatic hydroxyl groups excluding tert-OH is 2. The van der Waals surface area contributed by atoms with Crippen LogP contribution in [-0.2, 0) is 55.6 Å². The molecule has 2 aromatic carbocycles. The van der Waals surface area contributed by atoms with Gasteiger partial charge < -0.3 is 54.4 Å². The van der Waals surface area contributed by atoms with Crippen LogP contribution in [0.15, 0.2) is 60.2 Å². The average Bonchev–Trinajstić information content (AvgIpc) is 3.97. The number of aromatic amines is 1. The van der Waals surface area contributed by atoms with E-state index in [1.54, 1.807) is 7.11 Å². The molecular weight excluding hydrogens is 869 g/mol. The van der Waals surface area contributed by atoms with E-state index in [-0.39, 0.29) is 17.9 Å². The van der Waals surface area contributed by atoms with Gasteiger partial charge in [-0.3, -0.25) is 19.4 Å². The van der Waals surface area contributed by atoms with E-state index in [4.69, 9.17) is 39.4 Å². The van der Waals surface area contributed by atoms with E-state index in [9.17, 15) is 24.3 Å². The highest BCUT2D eigenvalue weighted by molar-refractivity contribution is 5.95. The van der Waals surface area contributed by atoms with Gasteiger partial charge in [0.2, 0.25) is 5.60 Å². The first-order chi connectivity index (χ1) is 31.8. The maximum absolute atomic E-state index is 15.2. The fourth-order valence-corrected chi connectivity index (χ4v) is 13.1. The Kier molecular flexibility index (Phi) is 12.4. The number of benzene rings is 2. The number of carboxylic acids is 2. The smallest absolute Gasteiger partial charge is 0.344 e. The first-order valence-corrected chi connectivity index (χ1v) is 22.6. The van der Waals surface area contributed by atoms with Gasteiger partial charge in [0.1, 0.15) is 11.2 Å². The number of hydrogen-bond acceptors (Lipinski definition) is 15. The predicted molar refractivity (Wildman–Crippen MR) is 241 cm³/mol. The highest BCUT2D eigenvalue weighted by Gasteiger charge is 2.80. The number of carbonyl (C=O) groups is 5. The maximum atomic E-state index is 15.2. The van der Waals surface area contributed by atoms with Crippen LogP contribution in [0.5, 0.6) is 5.75 Å². The Hall–Kier alpha value is -5.79. The molecule has 67 heavy (non-hydrogen) atoms. The number of nitrogens with zero attached hydrogens (tertiary/aromatic N) is 3. The first-order valence-electron chi connectivity index (χ1n) is 22.6. The van der Waals surface area contributed by atoms with E-state index in [0.29, 0.717) is 50.2 Å². The van der Waals surface area contributed by atoms with Gasteiger partial charge in [-0.1, -0.05) is 55.8 Å². The number of esters is 3. The summed E-state index contributed by atoms with van der Waals surface area (Å²) in [6.07, 6.45) is 3.14. The van der Waals surface area contributed by atoms with E-state index in [1.807, 2.05) is 37.1 Å². The van der Waals surface area contributed by atoms with Gasteiger partial charge in [0, 0.05) is 90.9 Å². The molecule has 2 fully saturated rings. The number of aromatic nitrogens is 1. The van der Waals surface area contributed by atoms with E-state index >= 15 is 4.79 Å². The standard InChI is InChI=1S/C45H54N4O8.C4H6O6/c1-8-27-19-28-22-44(40(51)55-6,36-30(25-48(23-27)24-28)29-13-10-11-14-33(29)46-36)32-20-31-34(21-35(32)54-5)47(4)38-43(31)16-18-49-17-12-15-42(9-2,37(43)49)39(57-26(3)50)45(38,53)41(52)56-7;5-1(3(7)8)2(6)4(9)10/h10-15,19-21,28,37-39,46,53H,8-9,16-18,22-25H2,1-7H3;1-2,5-6H,(H,7,8)(H,9,10)/t28?,37?,38-,39-,42?,43-,44+,45+;/m1./s1. The molecule has 18 nitrogen and oxygen atoms in total. The number of hydrogen-bond donors (Lipinski definition) is 6. The minimum atomic E-state index is -2.27. The zero-order valence-corrected chi connectivity index (χ0v) is 38.8. The number of para-hydroxylation sites is 1. The van der Waals surface area contributed by atoms with Crippen molar-refractivity contribution in [1.29, 1.82) is 0 Å². The molecule has 1 spiro atoms. The second kappa shape index (κ2) is 17.4. The summed E-state index contributed by atoms with van der Waals surface area (Å²) < 4.78 is 23.9. The lowest BCUT2D eigenvalue weighted by Gasteiger charge is -2.63. The summed E-state index contributed by atoms with van der Waals surface area (Å²) in [4.78, 5) is 72.7. The van der Waals surface area contributed by atoms with Crippen molar-refractivity contribution >= 4 is 46.4 Å². The molecule has 6 heterocycles. The number of rotatable bonds is 10. The molecular formula is C49H60N4O14. The fourth-order valence-electron chi connectivity index (χ4n) is 13.1. The number of aliphatic carboxylic acids is 2. The Morgan fingerprint density at radius 2 is 1.61 bits per heavy atom. The first kappa shape index (κ1) is 47.7. The summed E-state index contributed by atoms with van der Waals surface area (Å²) in [5, 5.41) is 46.9. The molecule has 1 saturated heterocycles. The Labute approximate surface area is 387 Å². The Morgan fingerprint density at radius 1 is 0.925 bits per heavy atom. The summed E-state index contributed by atoms with van der Waals surface area (Å²) in [5.74, 6) is -4.85. The lowest BCUT2D eigenvalue weighted by molar-refractivity contribution is -0.228. The van der Waals surface area contributed by atoms with Crippen molar-refractivity contribution in [2.24, 2.45) is 11.3 Å². The van der Waals surface area contributed by atoms with E-state index < -0.39 is 70.1 Å². The number of ether oxygens (including phenoxy) is 4. The molecule has 360 valence electrons. The Balaban J connectivity index is 0.000000547. The molecule has 11 atom stereocenters. The number of anilines is 1. The third-order valence-corrected chi connectivity index (χ3v) is 15.6. The van der Waals surface area contributed by atoms with Crippen LogP contribution in [0.3, 0.4) is 0 Å². The van der Waals surface area contributed by atoms with Crippen LogP contribution in [0, 0.1) is 11.3 Å². The highest BCUT2D eigenvalue weighted by Crippen LogP contribution is 2.68. The van der Waals surface area contributed by atoms with Gasteiger partial charge in [0.15, 0.2) is 18.3 Å². The van der Waals surface area contributed by atoms with Gasteiger partial charge >= 0.3 is 29.8 Å². The molecule has 1 aliphatic carbocycles. The SMILES string of the molecule is CCC1=CC2CN(C1)Cc1c([nH]c3ccccc13)[C@@](C(=O)OC)(c1cc3c(cc1OC)N(C)[C@H]1[C@@](O)(C(=O)OC)[C@H](OC(C)=O)C4(CC)C=CCN5CC[C@]31C54)C2.O=C(O)C(O)C(O)C(=O)O. The molecule has 2 bridgehead atoms. The van der Waals surface area contributed by atoms with E-state index in [2.05, 4.69) is 58.1 Å². The van der Waals surface area contributed by atoms with Crippen molar-refractivity contribution in [3.8, 4) is 5.75 Å². The molecule has 9 rings (SSSR count). The average molecular weight is 929 g/mol. The number of carboxylic acid groups (broad SMARTS) is 2. The van der Waals surface area contributed by atoms with Crippen LogP contribution in [0.25, 0.3) is 10.9 Å². The maximum Gasteiger partial charge on any atom is 0.344 e. The van der Waals surface area contributed by atoms with Crippen molar-refractivity contribution in [1.82, 2.24) is 14.8 Å². The summed E-state index contributed by atoms with van der Waals surface area (Å²) in [7, 11) is 6.22. The summed E-state index contributed by atoms with van der Waals surface area (Å²) in [6, 6.07) is 11.2. The van der Waals surface area contributed by atoms with Crippen LogP contribution in [0.1, 0.15) is 68.8 Å². The second-order valence-electron chi connectivity index (χ2n) is 18.7. The quantitative estimate of drug-likeness (QED) is 0.0972. The second-order valence-corrected chi connectivity index (χ2v) is 18.7. The molecule has 6 aliphatic rings. The molecule has 3 aromatic rings. The van der Waals surface area contributed by atoms with Gasteiger partial charge in [0.25, 0.3) is 0 Å². The van der Waals surface area contributed by atoms with Gasteiger partial charge in [-0.15, -0.1) is 0 Å². The van der Waals surface area contributed by atoms with Crippen molar-refractivity contribution in [3.63, 3.8) is 0 Å². The molecule has 6 unspecified atom stereocenters. The minimum Gasteiger partial charge on any atom is -0.496 e. The van der Waals surface area contributed by atoms with Gasteiger partial charge in [-0.2, -0.15) is 0 Å². The highest BCUT2D eigenvalue weighted by atomic mass is 16.6. The minimum absolute atomic E-state index is 0.0284. The number of likely N-dealkylation sites (N-methyl/N-ethyl adjacent to an activating group) is 1. The summed E-state index contributed by atoms with van der Waals surface area (Å²) in [5.41, 5.74) is 1.05. The molecule has 0 amide bonds. The molecule has 6 N–H and O–H groups in total. The molecule has 0 radical (unpaired) electrons. The zero-order valence-electron chi connectivity index (χ0n) is 38.8. The van der Waals surface area contributed by atoms with Crippen molar-refractivity contribution in [2.75, 3.05) is 59.5 Å². The van der Waals surface area contributed by atoms with Crippen molar-refractivity contribution in [2.45, 2.75) is 99.8 Å². The van der Waals surface area contributed by atoms with Crippen LogP contribution < -0.4 is 9.64 Å². The summed E-state index contributed by atoms with van der Waals surface area (Å²) >= 11 is 0. The van der Waals surface area contributed by atoms with Crippen LogP contribution >= 0.6 is 0 Å². The zero-order chi connectivity index (χ0) is 48.5. The topological polar surface area (TPSA) is 249 Å². The lowest BCUT2D eigenvalue weighted by Crippen LogP contribution is -2.81. The van der Waals surface area contributed by atoms with Crippen molar-refractivity contribution in [3.05, 3.63) is 82.6 Å². The molecule has 1 saturated carbocycles. The third-order valence-electron chi connectivity index (χ3n) is 15.6. The van der Waals surface area contributed by atoms with Gasteiger partial charge in [-0.05, 0) is 61.4 Å². The number of carbonyl (C=O) groups excluding carboxylic acids is 3. The largest absolute Gasteiger partial charge is 0.496 e. The van der Waals surface area contributed by atoms with E-state index in [1.165, 1.54) is 26.7 Å². The number of aliphatic hydroxyl groups is 3. The molecule has 5 aliphatic heterocycles. The summed E-state index contributed by atoms with van der Waals surface area (Å²) in [6.45, 7) is 9.19. The normalized spacial score (nSPS) is 32.1.